The van der Waals surface area contributed by atoms with Crippen molar-refractivity contribution in [2.24, 2.45) is 0 Å². The molecule has 0 fully saturated rings. The zero-order valence-electron chi connectivity index (χ0n) is 14.3. The van der Waals surface area contributed by atoms with Crippen LogP contribution < -0.4 is 15.4 Å². The van der Waals surface area contributed by atoms with Crippen LogP contribution in [0.25, 0.3) is 0 Å². The number of benzene rings is 1. The lowest BCUT2D eigenvalue weighted by atomic mass is 9.97. The van der Waals surface area contributed by atoms with Gasteiger partial charge in [-0.3, -0.25) is 4.79 Å². The van der Waals surface area contributed by atoms with E-state index in [2.05, 4.69) is 20.7 Å². The topological polar surface area (TPSA) is 94.2 Å². The van der Waals surface area contributed by atoms with Crippen LogP contribution in [-0.4, -0.2) is 27.8 Å². The van der Waals surface area contributed by atoms with E-state index in [1.165, 1.54) is 6.33 Å². The first kappa shape index (κ1) is 15.9. The fraction of sp³-hybridized carbons (Fsp3) is 0.167. The first-order chi connectivity index (χ1) is 12.7. The molecule has 1 aliphatic rings. The summed E-state index contributed by atoms with van der Waals surface area (Å²) in [6.45, 7) is 1.84. The molecular weight excluding hydrogens is 334 g/mol. The smallest absolute Gasteiger partial charge is 0.255 e. The van der Waals surface area contributed by atoms with Crippen molar-refractivity contribution < 1.29 is 13.9 Å². The normalized spacial score (nSPS) is 16.0. The van der Waals surface area contributed by atoms with E-state index < -0.39 is 6.04 Å². The van der Waals surface area contributed by atoms with Gasteiger partial charge in [-0.25, -0.2) is 4.68 Å². The summed E-state index contributed by atoms with van der Waals surface area (Å²) < 4.78 is 12.2. The Labute approximate surface area is 149 Å². The fourth-order valence-corrected chi connectivity index (χ4v) is 3.06. The highest BCUT2D eigenvalue weighted by atomic mass is 16.5. The minimum atomic E-state index is -0.442. The van der Waals surface area contributed by atoms with Crippen molar-refractivity contribution in [3.8, 4) is 5.75 Å². The van der Waals surface area contributed by atoms with Crippen molar-refractivity contribution in [2.75, 3.05) is 17.7 Å². The lowest BCUT2D eigenvalue weighted by Crippen LogP contribution is -2.31. The van der Waals surface area contributed by atoms with E-state index in [4.69, 9.17) is 9.15 Å². The Morgan fingerprint density at radius 3 is 2.96 bits per heavy atom. The van der Waals surface area contributed by atoms with E-state index >= 15 is 0 Å². The number of nitrogens with zero attached hydrogens (tertiary/aromatic N) is 3. The van der Waals surface area contributed by atoms with E-state index in [9.17, 15) is 4.79 Å². The molecule has 3 aromatic rings. The Morgan fingerprint density at radius 2 is 2.19 bits per heavy atom. The number of allylic oxidation sites excluding steroid dienone is 1. The Balaban J connectivity index is 1.74. The number of fused-ring (bicyclic) bond motifs is 1. The van der Waals surface area contributed by atoms with Crippen LogP contribution in [0.5, 0.6) is 5.75 Å². The number of anilines is 2. The third kappa shape index (κ3) is 2.61. The minimum absolute atomic E-state index is 0.258. The molecule has 0 spiro atoms. The van der Waals surface area contributed by atoms with E-state index in [1.807, 2.05) is 25.1 Å². The number of ether oxygens (including phenoxy) is 1. The van der Waals surface area contributed by atoms with Gasteiger partial charge in [0.05, 0.1) is 30.9 Å². The number of carbonyl (C=O) groups excluding carboxylic acids is 1. The number of hydrogen-bond acceptors (Lipinski definition) is 6. The molecule has 8 heteroatoms. The number of methoxy groups -OCH3 is 1. The van der Waals surface area contributed by atoms with Gasteiger partial charge in [-0.1, -0.05) is 12.1 Å². The van der Waals surface area contributed by atoms with Gasteiger partial charge in [-0.15, -0.1) is 0 Å². The molecule has 132 valence electrons. The number of aromatic nitrogens is 3. The Kier molecular flexibility index (Phi) is 3.92. The second kappa shape index (κ2) is 6.40. The van der Waals surface area contributed by atoms with Crippen LogP contribution in [0.1, 0.15) is 18.5 Å². The highest BCUT2D eigenvalue weighted by molar-refractivity contribution is 6.06. The summed E-state index contributed by atoms with van der Waals surface area (Å²) in [5.74, 6) is 0.901. The van der Waals surface area contributed by atoms with Gasteiger partial charge in [0.15, 0.2) is 0 Å². The third-order valence-electron chi connectivity index (χ3n) is 4.25. The summed E-state index contributed by atoms with van der Waals surface area (Å²) in [6, 6.07) is 8.63. The average Bonchev–Trinajstić information content (AvgIpc) is 3.32. The van der Waals surface area contributed by atoms with Crippen LogP contribution >= 0.6 is 0 Å². The van der Waals surface area contributed by atoms with Crippen LogP contribution in [0.3, 0.4) is 0 Å². The van der Waals surface area contributed by atoms with Gasteiger partial charge >= 0.3 is 0 Å². The molecule has 2 N–H and O–H groups in total. The molecule has 2 aromatic heterocycles. The summed E-state index contributed by atoms with van der Waals surface area (Å²) in [5, 5.41) is 10.3. The van der Waals surface area contributed by atoms with Crippen molar-refractivity contribution in [3.63, 3.8) is 0 Å². The Bertz CT molecular complexity index is 974. The van der Waals surface area contributed by atoms with Crippen molar-refractivity contribution >= 4 is 17.5 Å². The molecule has 0 saturated carbocycles. The summed E-state index contributed by atoms with van der Waals surface area (Å²) in [7, 11) is 1.56. The molecular formula is C18H17N5O3. The standard InChI is InChI=1S/C18H17N5O3/c1-11-15(17(24)22-13-5-3-4-6-14(13)25-2)16(12-7-8-26-9-12)23-18(21-11)19-10-20-23/h3-10,16H,1-2H3,(H,22,24)(H,19,20,21)/t16-/m1/s1. The van der Waals surface area contributed by atoms with Gasteiger partial charge in [0.25, 0.3) is 5.91 Å². The maximum Gasteiger partial charge on any atom is 0.255 e. The molecule has 1 amide bonds. The number of carbonyl (C=O) groups is 1. The quantitative estimate of drug-likeness (QED) is 0.751. The predicted molar refractivity (Wildman–Crippen MR) is 94.8 cm³/mol. The highest BCUT2D eigenvalue weighted by Crippen LogP contribution is 2.35. The van der Waals surface area contributed by atoms with Crippen LogP contribution in [0.15, 0.2) is 64.9 Å². The number of furan rings is 1. The van der Waals surface area contributed by atoms with Crippen LogP contribution in [-0.2, 0) is 4.79 Å². The molecule has 8 nitrogen and oxygen atoms in total. The number of nitrogens with one attached hydrogen (secondary N) is 2. The summed E-state index contributed by atoms with van der Waals surface area (Å²) in [5.41, 5.74) is 2.62. The number of para-hydroxylation sites is 2. The lowest BCUT2D eigenvalue weighted by Gasteiger charge is -2.27. The van der Waals surface area contributed by atoms with Crippen LogP contribution in [0.2, 0.25) is 0 Å². The molecule has 1 aliphatic heterocycles. The highest BCUT2D eigenvalue weighted by Gasteiger charge is 2.34. The van der Waals surface area contributed by atoms with E-state index in [-0.39, 0.29) is 5.91 Å². The van der Waals surface area contributed by atoms with Crippen molar-refractivity contribution in [1.29, 1.82) is 0 Å². The lowest BCUT2D eigenvalue weighted by molar-refractivity contribution is -0.113. The van der Waals surface area contributed by atoms with E-state index in [0.717, 1.165) is 5.56 Å². The van der Waals surface area contributed by atoms with Gasteiger partial charge in [-0.2, -0.15) is 10.1 Å². The molecule has 1 atom stereocenters. The third-order valence-corrected chi connectivity index (χ3v) is 4.25. The monoisotopic (exact) mass is 351 g/mol. The maximum absolute atomic E-state index is 13.1. The molecule has 4 rings (SSSR count). The number of rotatable bonds is 4. The van der Waals surface area contributed by atoms with Crippen LogP contribution in [0.4, 0.5) is 11.6 Å². The molecule has 0 unspecified atom stereocenters. The average molecular weight is 351 g/mol. The Hall–Kier alpha value is -3.55. The van der Waals surface area contributed by atoms with Gasteiger partial charge in [0, 0.05) is 11.3 Å². The molecule has 3 heterocycles. The summed E-state index contributed by atoms with van der Waals surface area (Å²) in [4.78, 5) is 17.3. The van der Waals surface area contributed by atoms with Crippen molar-refractivity contribution in [1.82, 2.24) is 14.8 Å². The Morgan fingerprint density at radius 1 is 1.35 bits per heavy atom. The minimum Gasteiger partial charge on any atom is -0.495 e. The van der Waals surface area contributed by atoms with E-state index in [0.29, 0.717) is 28.7 Å². The van der Waals surface area contributed by atoms with Crippen LogP contribution in [0, 0.1) is 0 Å². The van der Waals surface area contributed by atoms with Crippen molar-refractivity contribution in [3.05, 3.63) is 66.0 Å². The molecule has 0 saturated heterocycles. The van der Waals surface area contributed by atoms with E-state index in [1.54, 1.807) is 36.5 Å². The first-order valence-electron chi connectivity index (χ1n) is 8.03. The van der Waals surface area contributed by atoms with Gasteiger partial charge in [0.1, 0.15) is 18.1 Å². The SMILES string of the molecule is COc1ccccc1NC(=O)C1=C(C)Nc2ncnn2[C@@H]1c1ccoc1. The molecule has 0 aliphatic carbocycles. The predicted octanol–water partition coefficient (Wildman–Crippen LogP) is 2.81. The molecule has 0 radical (unpaired) electrons. The summed E-state index contributed by atoms with van der Waals surface area (Å²) in [6.07, 6.45) is 4.62. The maximum atomic E-state index is 13.1. The number of amides is 1. The van der Waals surface area contributed by atoms with Gasteiger partial charge in [0.2, 0.25) is 5.95 Å². The molecule has 0 bridgehead atoms. The second-order valence-corrected chi connectivity index (χ2v) is 5.81. The van der Waals surface area contributed by atoms with Gasteiger partial charge in [-0.05, 0) is 25.1 Å². The largest absolute Gasteiger partial charge is 0.495 e. The second-order valence-electron chi connectivity index (χ2n) is 5.81. The zero-order valence-corrected chi connectivity index (χ0v) is 14.3. The van der Waals surface area contributed by atoms with Gasteiger partial charge < -0.3 is 19.8 Å². The first-order valence-corrected chi connectivity index (χ1v) is 8.03. The molecule has 26 heavy (non-hydrogen) atoms. The number of hydrogen-bond donors (Lipinski definition) is 2. The molecule has 1 aromatic carbocycles. The van der Waals surface area contributed by atoms with Crippen molar-refractivity contribution in [2.45, 2.75) is 13.0 Å². The fourth-order valence-electron chi connectivity index (χ4n) is 3.06. The summed E-state index contributed by atoms with van der Waals surface area (Å²) >= 11 is 0. The zero-order chi connectivity index (χ0) is 18.1.